The maximum atomic E-state index is 12.3. The Balaban J connectivity index is 2.56. The van der Waals surface area contributed by atoms with Crippen molar-refractivity contribution in [3.8, 4) is 23.0 Å². The van der Waals surface area contributed by atoms with E-state index in [9.17, 15) is 18.7 Å². The van der Waals surface area contributed by atoms with E-state index in [0.717, 1.165) is 0 Å². The summed E-state index contributed by atoms with van der Waals surface area (Å²) in [6.07, 6.45) is 0. The van der Waals surface area contributed by atoms with Crippen LogP contribution in [0.25, 0.3) is 11.4 Å². The molecule has 0 spiro atoms. The highest BCUT2D eigenvalue weighted by atomic mass is 19.3. The van der Waals surface area contributed by atoms with Gasteiger partial charge in [0.1, 0.15) is 11.6 Å². The molecule has 0 fully saturated rings. The molecule has 0 aliphatic carbocycles. The standard InChI is InChI=1S/C12H10F2N2O3/c1-6-10(17)15-9(16-11(6)18)7-4-2-3-5-8(7)19-12(13)14/h2-5,12H,1H3,(H2,15,16,17,18). The third-order valence-corrected chi connectivity index (χ3v) is 2.48. The minimum Gasteiger partial charge on any atom is -0.493 e. The number of para-hydroxylation sites is 1. The van der Waals surface area contributed by atoms with E-state index in [1.165, 1.54) is 25.1 Å². The molecule has 0 atom stereocenters. The summed E-state index contributed by atoms with van der Waals surface area (Å²) in [6, 6.07) is 5.85. The van der Waals surface area contributed by atoms with E-state index in [1.807, 2.05) is 0 Å². The number of aromatic amines is 1. The molecule has 100 valence electrons. The molecule has 0 saturated heterocycles. The van der Waals surface area contributed by atoms with Crippen LogP contribution in [-0.2, 0) is 0 Å². The Kier molecular flexibility index (Phi) is 3.46. The van der Waals surface area contributed by atoms with E-state index in [0.29, 0.717) is 0 Å². The first kappa shape index (κ1) is 13.0. The molecule has 0 bridgehead atoms. The molecule has 19 heavy (non-hydrogen) atoms. The van der Waals surface area contributed by atoms with Crippen LogP contribution in [-0.4, -0.2) is 21.7 Å². The highest BCUT2D eigenvalue weighted by Gasteiger charge is 2.14. The maximum absolute atomic E-state index is 12.3. The molecular formula is C12H10F2N2O3. The largest absolute Gasteiger partial charge is 0.493 e. The summed E-state index contributed by atoms with van der Waals surface area (Å²) in [4.78, 5) is 17.7. The highest BCUT2D eigenvalue weighted by Crippen LogP contribution is 2.28. The predicted octanol–water partition coefficient (Wildman–Crippen LogP) is 2.05. The van der Waals surface area contributed by atoms with Gasteiger partial charge >= 0.3 is 6.61 Å². The molecule has 1 aromatic heterocycles. The number of halogens is 2. The zero-order chi connectivity index (χ0) is 14.0. The molecule has 0 aliphatic rings. The van der Waals surface area contributed by atoms with Crippen LogP contribution in [0.5, 0.6) is 11.6 Å². The maximum Gasteiger partial charge on any atom is 0.387 e. The van der Waals surface area contributed by atoms with Crippen molar-refractivity contribution in [1.29, 1.82) is 0 Å². The number of nitrogens with zero attached hydrogens (tertiary/aromatic N) is 1. The molecule has 2 rings (SSSR count). The molecule has 1 aromatic carbocycles. The second-order valence-electron chi connectivity index (χ2n) is 3.74. The number of aromatic nitrogens is 2. The second kappa shape index (κ2) is 5.05. The fourth-order valence-electron chi connectivity index (χ4n) is 1.51. The minimum absolute atomic E-state index is 0.0376. The average Bonchev–Trinajstić information content (AvgIpc) is 2.35. The van der Waals surface area contributed by atoms with Crippen molar-refractivity contribution in [2.45, 2.75) is 13.5 Å². The Morgan fingerprint density at radius 2 is 2.05 bits per heavy atom. The number of hydrogen-bond acceptors (Lipinski definition) is 4. The number of alkyl halides is 2. The summed E-state index contributed by atoms with van der Waals surface area (Å²) in [5.41, 5.74) is -0.333. The molecule has 0 unspecified atom stereocenters. The van der Waals surface area contributed by atoms with Crippen LogP contribution in [0.4, 0.5) is 8.78 Å². The molecule has 2 aromatic rings. The molecule has 0 aliphatic heterocycles. The lowest BCUT2D eigenvalue weighted by molar-refractivity contribution is -0.0494. The lowest BCUT2D eigenvalue weighted by Crippen LogP contribution is -2.13. The number of rotatable bonds is 3. The van der Waals surface area contributed by atoms with E-state index < -0.39 is 18.1 Å². The van der Waals surface area contributed by atoms with E-state index in [1.54, 1.807) is 6.07 Å². The third-order valence-electron chi connectivity index (χ3n) is 2.48. The van der Waals surface area contributed by atoms with E-state index in [2.05, 4.69) is 14.7 Å². The van der Waals surface area contributed by atoms with Crippen molar-refractivity contribution < 1.29 is 18.6 Å². The molecule has 7 heteroatoms. The van der Waals surface area contributed by atoms with Crippen LogP contribution < -0.4 is 10.3 Å². The molecule has 5 nitrogen and oxygen atoms in total. The average molecular weight is 268 g/mol. The first-order valence-electron chi connectivity index (χ1n) is 5.33. The Morgan fingerprint density at radius 3 is 2.68 bits per heavy atom. The van der Waals surface area contributed by atoms with Crippen molar-refractivity contribution in [2.75, 3.05) is 0 Å². The van der Waals surface area contributed by atoms with Crippen LogP contribution in [0.2, 0.25) is 0 Å². The van der Waals surface area contributed by atoms with Gasteiger partial charge in [0.2, 0.25) is 5.88 Å². The summed E-state index contributed by atoms with van der Waals surface area (Å²) >= 11 is 0. The van der Waals surface area contributed by atoms with Crippen molar-refractivity contribution in [3.63, 3.8) is 0 Å². The lowest BCUT2D eigenvalue weighted by Gasteiger charge is -2.10. The fourth-order valence-corrected chi connectivity index (χ4v) is 1.51. The molecule has 2 N–H and O–H groups in total. The Hall–Kier alpha value is -2.44. The summed E-state index contributed by atoms with van der Waals surface area (Å²) in [7, 11) is 0. The van der Waals surface area contributed by atoms with Gasteiger partial charge in [-0.05, 0) is 19.1 Å². The van der Waals surface area contributed by atoms with Gasteiger partial charge in [-0.25, -0.2) is 0 Å². The first-order valence-corrected chi connectivity index (χ1v) is 5.33. The number of ether oxygens (including phenoxy) is 1. The van der Waals surface area contributed by atoms with Gasteiger partial charge in [0, 0.05) is 0 Å². The van der Waals surface area contributed by atoms with Gasteiger partial charge in [0.15, 0.2) is 0 Å². The summed E-state index contributed by atoms with van der Waals surface area (Å²) in [5, 5.41) is 9.49. The molecule has 0 saturated carbocycles. The number of hydrogen-bond donors (Lipinski definition) is 2. The van der Waals surface area contributed by atoms with Crippen molar-refractivity contribution >= 4 is 0 Å². The lowest BCUT2D eigenvalue weighted by atomic mass is 10.2. The van der Waals surface area contributed by atoms with Gasteiger partial charge in [-0.3, -0.25) is 4.79 Å². The van der Waals surface area contributed by atoms with Gasteiger partial charge in [-0.15, -0.1) is 0 Å². The first-order chi connectivity index (χ1) is 8.99. The van der Waals surface area contributed by atoms with Crippen molar-refractivity contribution in [3.05, 3.63) is 40.2 Å². The quantitative estimate of drug-likeness (QED) is 0.893. The van der Waals surface area contributed by atoms with Gasteiger partial charge in [0.25, 0.3) is 5.56 Å². The Bertz CT molecular complexity index is 656. The molecule has 1 heterocycles. The topological polar surface area (TPSA) is 75.2 Å². The van der Waals surface area contributed by atoms with Gasteiger partial charge < -0.3 is 14.8 Å². The molecule has 0 radical (unpaired) electrons. The van der Waals surface area contributed by atoms with Crippen LogP contribution in [0.15, 0.2) is 29.1 Å². The third kappa shape index (κ3) is 2.70. The molecular weight excluding hydrogens is 258 g/mol. The van der Waals surface area contributed by atoms with Gasteiger partial charge in [0.05, 0.1) is 11.1 Å². The summed E-state index contributed by atoms with van der Waals surface area (Å²) in [5.74, 6) is -0.626. The summed E-state index contributed by atoms with van der Waals surface area (Å²) in [6.45, 7) is -1.60. The SMILES string of the molecule is Cc1c(O)nc(-c2ccccc2OC(F)F)[nH]c1=O. The Morgan fingerprint density at radius 1 is 1.37 bits per heavy atom. The van der Waals surface area contributed by atoms with Crippen LogP contribution in [0.1, 0.15) is 5.56 Å². The van der Waals surface area contributed by atoms with E-state index in [4.69, 9.17) is 0 Å². The normalized spacial score (nSPS) is 10.7. The van der Waals surface area contributed by atoms with Gasteiger partial charge in [-0.2, -0.15) is 13.8 Å². The zero-order valence-electron chi connectivity index (χ0n) is 9.85. The second-order valence-corrected chi connectivity index (χ2v) is 3.74. The Labute approximate surface area is 106 Å². The van der Waals surface area contributed by atoms with Crippen molar-refractivity contribution in [1.82, 2.24) is 9.97 Å². The fraction of sp³-hybridized carbons (Fsp3) is 0.167. The predicted molar refractivity (Wildman–Crippen MR) is 63.3 cm³/mol. The van der Waals surface area contributed by atoms with Crippen LogP contribution >= 0.6 is 0 Å². The number of benzene rings is 1. The van der Waals surface area contributed by atoms with Crippen LogP contribution in [0.3, 0.4) is 0 Å². The van der Waals surface area contributed by atoms with Gasteiger partial charge in [-0.1, -0.05) is 12.1 Å². The summed E-state index contributed by atoms with van der Waals surface area (Å²) < 4.78 is 28.9. The molecule has 0 amide bonds. The number of aromatic hydroxyl groups is 1. The van der Waals surface area contributed by atoms with Crippen LogP contribution in [0, 0.1) is 6.92 Å². The number of nitrogens with one attached hydrogen (secondary N) is 1. The minimum atomic E-state index is -2.99. The zero-order valence-corrected chi connectivity index (χ0v) is 9.85. The smallest absolute Gasteiger partial charge is 0.387 e. The van der Waals surface area contributed by atoms with Crippen molar-refractivity contribution in [2.24, 2.45) is 0 Å². The van der Waals surface area contributed by atoms with E-state index in [-0.39, 0.29) is 22.7 Å². The number of H-pyrrole nitrogens is 1. The highest BCUT2D eigenvalue weighted by molar-refractivity contribution is 5.64. The monoisotopic (exact) mass is 268 g/mol. The van der Waals surface area contributed by atoms with E-state index >= 15 is 0 Å².